The number of carbonyl (C=O) groups is 1. The van der Waals surface area contributed by atoms with Gasteiger partial charge in [-0.05, 0) is 50.9 Å². The molecule has 1 saturated heterocycles. The summed E-state index contributed by atoms with van der Waals surface area (Å²) >= 11 is 0. The summed E-state index contributed by atoms with van der Waals surface area (Å²) < 4.78 is 2.05. The molecule has 3 heterocycles. The van der Waals surface area contributed by atoms with Gasteiger partial charge in [0, 0.05) is 18.8 Å². The van der Waals surface area contributed by atoms with Crippen molar-refractivity contribution < 1.29 is 9.90 Å². The Morgan fingerprint density at radius 1 is 1.45 bits per heavy atom. The smallest absolute Gasteiger partial charge is 0.309 e. The first-order chi connectivity index (χ1) is 10.5. The third-order valence-corrected chi connectivity index (χ3v) is 4.58. The molecule has 0 radical (unpaired) electrons. The molecule has 0 saturated carbocycles. The number of aryl methyl sites for hydroxylation is 1. The summed E-state index contributed by atoms with van der Waals surface area (Å²) in [5.41, 5.74) is 3.69. The Balaban J connectivity index is 1.99. The monoisotopic (exact) mass is 301 g/mol. The molecule has 3 rings (SSSR count). The standard InChI is InChI=1S/C17H23N3O2/c1-12-6-8-20-15(11-19-7-4-3-5-13(19)2)14(10-17(21)22)18-16(20)9-12/h6,8-9,13H,3-5,7,10-11H2,1-2H3,(H,21,22). The number of carboxylic acids is 1. The number of likely N-dealkylation sites (tertiary alicyclic amines) is 1. The number of nitrogens with zero attached hydrogens (tertiary/aromatic N) is 3. The number of aliphatic carboxylic acids is 1. The predicted molar refractivity (Wildman–Crippen MR) is 85.0 cm³/mol. The molecule has 22 heavy (non-hydrogen) atoms. The largest absolute Gasteiger partial charge is 0.481 e. The minimum atomic E-state index is -0.826. The molecular formula is C17H23N3O2. The molecule has 1 fully saturated rings. The van der Waals surface area contributed by atoms with E-state index < -0.39 is 5.97 Å². The van der Waals surface area contributed by atoms with E-state index in [1.54, 1.807) is 0 Å². The van der Waals surface area contributed by atoms with E-state index in [2.05, 4.69) is 16.8 Å². The van der Waals surface area contributed by atoms with Gasteiger partial charge in [0.15, 0.2) is 0 Å². The van der Waals surface area contributed by atoms with Crippen LogP contribution in [0.3, 0.4) is 0 Å². The molecular weight excluding hydrogens is 278 g/mol. The van der Waals surface area contributed by atoms with Crippen molar-refractivity contribution in [1.82, 2.24) is 14.3 Å². The lowest BCUT2D eigenvalue weighted by Crippen LogP contribution is -2.37. The van der Waals surface area contributed by atoms with Crippen LogP contribution in [0.2, 0.25) is 0 Å². The van der Waals surface area contributed by atoms with Crippen LogP contribution >= 0.6 is 0 Å². The number of pyridine rings is 1. The van der Waals surface area contributed by atoms with E-state index in [0.29, 0.717) is 11.7 Å². The van der Waals surface area contributed by atoms with Crippen LogP contribution in [0, 0.1) is 6.92 Å². The van der Waals surface area contributed by atoms with E-state index in [-0.39, 0.29) is 6.42 Å². The van der Waals surface area contributed by atoms with Crippen molar-refractivity contribution in [3.8, 4) is 0 Å². The number of rotatable bonds is 4. The Labute approximate surface area is 130 Å². The highest BCUT2D eigenvalue weighted by Gasteiger charge is 2.22. The number of aromatic nitrogens is 2. The lowest BCUT2D eigenvalue weighted by molar-refractivity contribution is -0.136. The molecule has 2 aromatic rings. The van der Waals surface area contributed by atoms with Crippen molar-refractivity contribution in [1.29, 1.82) is 0 Å². The van der Waals surface area contributed by atoms with Gasteiger partial charge < -0.3 is 9.51 Å². The fourth-order valence-corrected chi connectivity index (χ4v) is 3.28. The number of fused-ring (bicyclic) bond motifs is 1. The number of hydrogen-bond donors (Lipinski definition) is 1. The second-order valence-electron chi connectivity index (χ2n) is 6.32. The Morgan fingerprint density at radius 3 is 3.00 bits per heavy atom. The third kappa shape index (κ3) is 2.99. The molecule has 1 atom stereocenters. The molecule has 1 aliphatic heterocycles. The Morgan fingerprint density at radius 2 is 2.27 bits per heavy atom. The van der Waals surface area contributed by atoms with Crippen molar-refractivity contribution in [2.24, 2.45) is 0 Å². The zero-order valence-corrected chi connectivity index (χ0v) is 13.2. The minimum absolute atomic E-state index is 0.0156. The van der Waals surface area contributed by atoms with Crippen LogP contribution in [-0.4, -0.2) is 37.9 Å². The first kappa shape index (κ1) is 15.0. The predicted octanol–water partition coefficient (Wildman–Crippen LogP) is 2.64. The SMILES string of the molecule is Cc1ccn2c(CN3CCCCC3C)c(CC(=O)O)nc2c1. The van der Waals surface area contributed by atoms with Crippen molar-refractivity contribution >= 4 is 11.6 Å². The maximum absolute atomic E-state index is 11.2. The fraction of sp³-hybridized carbons (Fsp3) is 0.529. The molecule has 1 aliphatic rings. The van der Waals surface area contributed by atoms with Crippen LogP contribution in [-0.2, 0) is 17.8 Å². The van der Waals surface area contributed by atoms with E-state index in [9.17, 15) is 4.79 Å². The number of piperidine rings is 1. The van der Waals surface area contributed by atoms with Crippen LogP contribution in [0.25, 0.3) is 5.65 Å². The first-order valence-electron chi connectivity index (χ1n) is 7.97. The highest BCUT2D eigenvalue weighted by atomic mass is 16.4. The van der Waals surface area contributed by atoms with E-state index in [4.69, 9.17) is 5.11 Å². The normalized spacial score (nSPS) is 19.6. The summed E-state index contributed by atoms with van der Waals surface area (Å²) in [6.07, 6.45) is 5.70. The van der Waals surface area contributed by atoms with Crippen LogP contribution in [0.5, 0.6) is 0 Å². The molecule has 0 aromatic carbocycles. The van der Waals surface area contributed by atoms with Crippen molar-refractivity contribution in [2.75, 3.05) is 6.54 Å². The van der Waals surface area contributed by atoms with Crippen LogP contribution < -0.4 is 0 Å². The van der Waals surface area contributed by atoms with E-state index in [0.717, 1.165) is 30.0 Å². The quantitative estimate of drug-likeness (QED) is 0.943. The highest BCUT2D eigenvalue weighted by Crippen LogP contribution is 2.22. The third-order valence-electron chi connectivity index (χ3n) is 4.58. The van der Waals surface area contributed by atoms with Gasteiger partial charge in [0.25, 0.3) is 0 Å². The fourth-order valence-electron chi connectivity index (χ4n) is 3.28. The van der Waals surface area contributed by atoms with Crippen molar-refractivity contribution in [2.45, 2.75) is 52.1 Å². The lowest BCUT2D eigenvalue weighted by Gasteiger charge is -2.33. The summed E-state index contributed by atoms with van der Waals surface area (Å²) in [4.78, 5) is 18.2. The molecule has 1 N–H and O–H groups in total. The number of carboxylic acid groups (broad SMARTS) is 1. The zero-order chi connectivity index (χ0) is 15.7. The second kappa shape index (κ2) is 6.08. The average molecular weight is 301 g/mol. The lowest BCUT2D eigenvalue weighted by atomic mass is 10.0. The molecule has 118 valence electrons. The Kier molecular flexibility index (Phi) is 4.16. The van der Waals surface area contributed by atoms with Crippen molar-refractivity contribution in [3.05, 3.63) is 35.3 Å². The Bertz CT molecular complexity index is 693. The summed E-state index contributed by atoms with van der Waals surface area (Å²) in [6, 6.07) is 4.60. The first-order valence-corrected chi connectivity index (χ1v) is 7.97. The summed E-state index contributed by atoms with van der Waals surface area (Å²) in [5, 5.41) is 9.17. The van der Waals surface area contributed by atoms with Crippen LogP contribution in [0.15, 0.2) is 18.3 Å². The van der Waals surface area contributed by atoms with E-state index in [1.807, 2.05) is 29.7 Å². The molecule has 0 spiro atoms. The summed E-state index contributed by atoms with van der Waals surface area (Å²) in [7, 11) is 0. The summed E-state index contributed by atoms with van der Waals surface area (Å²) in [6.45, 7) is 6.13. The summed E-state index contributed by atoms with van der Waals surface area (Å²) in [5.74, 6) is -0.826. The van der Waals surface area contributed by atoms with Gasteiger partial charge in [0.05, 0.1) is 17.8 Å². The topological polar surface area (TPSA) is 57.8 Å². The van der Waals surface area contributed by atoms with Gasteiger partial charge in [-0.3, -0.25) is 9.69 Å². The van der Waals surface area contributed by atoms with Gasteiger partial charge in [0.2, 0.25) is 0 Å². The van der Waals surface area contributed by atoms with E-state index >= 15 is 0 Å². The molecule has 5 heteroatoms. The van der Waals surface area contributed by atoms with Gasteiger partial charge in [-0.1, -0.05) is 6.42 Å². The zero-order valence-electron chi connectivity index (χ0n) is 13.2. The van der Waals surface area contributed by atoms with Crippen molar-refractivity contribution in [3.63, 3.8) is 0 Å². The molecule has 0 bridgehead atoms. The maximum atomic E-state index is 11.2. The minimum Gasteiger partial charge on any atom is -0.481 e. The highest BCUT2D eigenvalue weighted by molar-refractivity contribution is 5.70. The number of imidazole rings is 1. The van der Waals surface area contributed by atoms with Gasteiger partial charge in [-0.2, -0.15) is 0 Å². The number of hydrogen-bond acceptors (Lipinski definition) is 3. The molecule has 5 nitrogen and oxygen atoms in total. The van der Waals surface area contributed by atoms with Gasteiger partial charge in [-0.15, -0.1) is 0 Å². The Hall–Kier alpha value is -1.88. The molecule has 0 amide bonds. The molecule has 1 unspecified atom stereocenters. The van der Waals surface area contributed by atoms with Gasteiger partial charge in [0.1, 0.15) is 5.65 Å². The second-order valence-corrected chi connectivity index (χ2v) is 6.32. The molecule has 0 aliphatic carbocycles. The molecule has 2 aromatic heterocycles. The van der Waals surface area contributed by atoms with E-state index in [1.165, 1.54) is 19.3 Å². The van der Waals surface area contributed by atoms with Crippen LogP contribution in [0.4, 0.5) is 0 Å². The average Bonchev–Trinajstić information content (AvgIpc) is 2.77. The maximum Gasteiger partial charge on any atom is 0.309 e. The van der Waals surface area contributed by atoms with Gasteiger partial charge >= 0.3 is 5.97 Å². The van der Waals surface area contributed by atoms with Gasteiger partial charge in [-0.25, -0.2) is 4.98 Å². The van der Waals surface area contributed by atoms with Crippen LogP contribution in [0.1, 0.15) is 43.1 Å².